The number of nitrogens with zero attached hydrogens (tertiary/aromatic N) is 2. The van der Waals surface area contributed by atoms with Gasteiger partial charge in [0.05, 0.1) is 12.6 Å². The minimum Gasteiger partial charge on any atom is -0.372 e. The van der Waals surface area contributed by atoms with Crippen molar-refractivity contribution in [3.05, 3.63) is 83.9 Å². The molecule has 1 saturated heterocycles. The maximum Gasteiger partial charge on any atom is 0.251 e. The van der Waals surface area contributed by atoms with Crippen molar-refractivity contribution >= 4 is 28.5 Å². The first-order valence-electron chi connectivity index (χ1n) is 14.9. The van der Waals surface area contributed by atoms with E-state index in [9.17, 15) is 9.59 Å². The van der Waals surface area contributed by atoms with Crippen molar-refractivity contribution in [3.63, 3.8) is 0 Å². The summed E-state index contributed by atoms with van der Waals surface area (Å²) < 4.78 is 6.22. The molecule has 0 radical (unpaired) electrons. The summed E-state index contributed by atoms with van der Waals surface area (Å²) >= 11 is 0. The fourth-order valence-electron chi connectivity index (χ4n) is 5.26. The second-order valence-electron chi connectivity index (χ2n) is 10.7. The van der Waals surface area contributed by atoms with Gasteiger partial charge in [-0.25, -0.2) is 0 Å². The number of hydrogen-bond acceptors (Lipinski definition) is 5. The van der Waals surface area contributed by atoms with Crippen LogP contribution in [0.1, 0.15) is 54.6 Å². The Bertz CT molecular complexity index is 1330. The lowest BCUT2D eigenvalue weighted by Crippen LogP contribution is -2.49. The van der Waals surface area contributed by atoms with E-state index >= 15 is 0 Å². The van der Waals surface area contributed by atoms with Gasteiger partial charge in [-0.15, -0.1) is 0 Å². The summed E-state index contributed by atoms with van der Waals surface area (Å²) in [6.07, 6.45) is 2.77. The molecule has 0 bridgehead atoms. The Labute approximate surface area is 248 Å². The lowest BCUT2D eigenvalue weighted by atomic mass is 10.1. The van der Waals surface area contributed by atoms with E-state index in [-0.39, 0.29) is 30.0 Å². The van der Waals surface area contributed by atoms with E-state index in [1.165, 1.54) is 0 Å². The molecule has 1 aliphatic rings. The molecule has 2 amide bonds. The van der Waals surface area contributed by atoms with Crippen LogP contribution in [0.15, 0.2) is 77.8 Å². The summed E-state index contributed by atoms with van der Waals surface area (Å²) in [6.45, 7) is 4.80. The molecule has 0 spiro atoms. The molecule has 1 heterocycles. The summed E-state index contributed by atoms with van der Waals surface area (Å²) in [7, 11) is 1.64. The standard InChI is InChI=1S/C33H44N6O3/c1-3-20-42-30(25-11-5-4-6-12-25)23-39-19-17-28(38-29(32(39)41)14-9-18-36-33(34)35-2)22-37-31(40)27-16-15-24-10-7-8-13-26(24)21-27/h4-8,10-13,15-16,21,28-30,38H,3,9,14,17-20,22-23H2,1-2H3,(H,37,40)(H3,34,35,36). The third-order valence-corrected chi connectivity index (χ3v) is 7.61. The lowest BCUT2D eigenvalue weighted by Gasteiger charge is -2.29. The molecule has 0 aromatic heterocycles. The van der Waals surface area contributed by atoms with Crippen LogP contribution in [-0.4, -0.2) is 74.6 Å². The van der Waals surface area contributed by atoms with Crippen molar-refractivity contribution in [2.45, 2.75) is 50.8 Å². The highest BCUT2D eigenvalue weighted by molar-refractivity contribution is 5.98. The Hall–Kier alpha value is -3.95. The van der Waals surface area contributed by atoms with E-state index in [1.54, 1.807) is 7.05 Å². The van der Waals surface area contributed by atoms with Crippen molar-refractivity contribution in [2.24, 2.45) is 10.7 Å². The zero-order valence-corrected chi connectivity index (χ0v) is 24.7. The highest BCUT2D eigenvalue weighted by Gasteiger charge is 2.32. The minimum atomic E-state index is -0.390. The van der Waals surface area contributed by atoms with Gasteiger partial charge in [0.2, 0.25) is 5.91 Å². The van der Waals surface area contributed by atoms with Crippen LogP contribution in [0.2, 0.25) is 0 Å². The summed E-state index contributed by atoms with van der Waals surface area (Å²) in [6, 6.07) is 23.4. The lowest BCUT2D eigenvalue weighted by molar-refractivity contribution is -0.135. The van der Waals surface area contributed by atoms with Gasteiger partial charge in [-0.3, -0.25) is 14.6 Å². The first kappa shape index (κ1) is 31.0. The zero-order valence-electron chi connectivity index (χ0n) is 24.7. The first-order chi connectivity index (χ1) is 20.5. The van der Waals surface area contributed by atoms with Gasteiger partial charge in [0.25, 0.3) is 5.91 Å². The number of fused-ring (bicyclic) bond motifs is 1. The normalized spacial score (nSPS) is 18.5. The molecular formula is C33H44N6O3. The number of carbonyl (C=O) groups is 2. The van der Waals surface area contributed by atoms with E-state index in [1.807, 2.05) is 65.6 Å². The van der Waals surface area contributed by atoms with Crippen LogP contribution in [0.25, 0.3) is 10.8 Å². The van der Waals surface area contributed by atoms with Crippen molar-refractivity contribution in [3.8, 4) is 0 Å². The van der Waals surface area contributed by atoms with Gasteiger partial charge in [-0.2, -0.15) is 0 Å². The van der Waals surface area contributed by atoms with Crippen LogP contribution >= 0.6 is 0 Å². The molecule has 0 aliphatic carbocycles. The fourth-order valence-corrected chi connectivity index (χ4v) is 5.26. The van der Waals surface area contributed by atoms with Crippen LogP contribution in [0, 0.1) is 0 Å². The molecule has 224 valence electrons. The molecule has 9 heteroatoms. The van der Waals surface area contributed by atoms with Crippen LogP contribution < -0.4 is 21.7 Å². The molecule has 0 saturated carbocycles. The Morgan fingerprint density at radius 3 is 2.62 bits per heavy atom. The second-order valence-corrected chi connectivity index (χ2v) is 10.7. The Kier molecular flexibility index (Phi) is 11.7. The van der Waals surface area contributed by atoms with Gasteiger partial charge in [0, 0.05) is 44.9 Å². The third-order valence-electron chi connectivity index (χ3n) is 7.61. The number of rotatable bonds is 13. The molecule has 3 aromatic rings. The van der Waals surface area contributed by atoms with Crippen LogP contribution in [0.3, 0.4) is 0 Å². The van der Waals surface area contributed by atoms with E-state index in [2.05, 4.69) is 40.0 Å². The average molecular weight is 573 g/mol. The van der Waals surface area contributed by atoms with Crippen molar-refractivity contribution in [1.29, 1.82) is 0 Å². The highest BCUT2D eigenvalue weighted by Crippen LogP contribution is 2.22. The van der Waals surface area contributed by atoms with E-state index < -0.39 is 0 Å². The van der Waals surface area contributed by atoms with Crippen LogP contribution in [0.5, 0.6) is 0 Å². The average Bonchev–Trinajstić information content (AvgIpc) is 3.17. The predicted molar refractivity (Wildman–Crippen MR) is 168 cm³/mol. The molecule has 42 heavy (non-hydrogen) atoms. The molecular weight excluding hydrogens is 528 g/mol. The molecule has 4 rings (SSSR count). The number of benzene rings is 3. The maximum absolute atomic E-state index is 13.9. The van der Waals surface area contributed by atoms with Crippen LogP contribution in [0.4, 0.5) is 0 Å². The maximum atomic E-state index is 13.9. The molecule has 3 unspecified atom stereocenters. The number of hydrogen-bond donors (Lipinski definition) is 4. The van der Waals surface area contributed by atoms with Crippen molar-refractivity contribution in [1.82, 2.24) is 20.9 Å². The molecule has 3 atom stereocenters. The highest BCUT2D eigenvalue weighted by atomic mass is 16.5. The number of amides is 2. The van der Waals surface area contributed by atoms with E-state index in [0.29, 0.717) is 57.2 Å². The molecule has 1 fully saturated rings. The van der Waals surface area contributed by atoms with Crippen LogP contribution in [-0.2, 0) is 9.53 Å². The summed E-state index contributed by atoms with van der Waals surface area (Å²) in [5.74, 6) is 0.309. The smallest absolute Gasteiger partial charge is 0.251 e. The molecule has 5 N–H and O–H groups in total. The number of ether oxygens (including phenoxy) is 1. The van der Waals surface area contributed by atoms with Gasteiger partial charge in [0.1, 0.15) is 6.10 Å². The topological polar surface area (TPSA) is 121 Å². The SMILES string of the molecule is CCCOC(CN1CCC(CNC(=O)c2ccc3ccccc3c2)NC(CCCNC(N)=NC)C1=O)c1ccccc1. The second kappa shape index (κ2) is 15.9. The number of nitrogens with two attached hydrogens (primary N) is 1. The van der Waals surface area contributed by atoms with Crippen molar-refractivity contribution < 1.29 is 14.3 Å². The van der Waals surface area contributed by atoms with Gasteiger partial charge in [0.15, 0.2) is 5.96 Å². The van der Waals surface area contributed by atoms with Gasteiger partial charge >= 0.3 is 0 Å². The number of nitrogens with one attached hydrogen (secondary N) is 3. The zero-order chi connectivity index (χ0) is 29.7. The molecule has 1 aliphatic heterocycles. The Balaban J connectivity index is 1.44. The van der Waals surface area contributed by atoms with Gasteiger partial charge in [-0.05, 0) is 54.2 Å². The van der Waals surface area contributed by atoms with E-state index in [0.717, 1.165) is 29.2 Å². The summed E-state index contributed by atoms with van der Waals surface area (Å²) in [4.78, 5) is 32.8. The largest absolute Gasteiger partial charge is 0.372 e. The number of guanidine groups is 1. The summed E-state index contributed by atoms with van der Waals surface area (Å²) in [5.41, 5.74) is 7.46. The molecule has 3 aromatic carbocycles. The Morgan fingerprint density at radius 1 is 1.10 bits per heavy atom. The number of aliphatic imine (C=N–C) groups is 1. The minimum absolute atomic E-state index is 0.0523. The number of carbonyl (C=O) groups excluding carboxylic acids is 2. The van der Waals surface area contributed by atoms with Gasteiger partial charge in [-0.1, -0.05) is 67.6 Å². The Morgan fingerprint density at radius 2 is 1.86 bits per heavy atom. The van der Waals surface area contributed by atoms with Gasteiger partial charge < -0.3 is 31.3 Å². The quantitative estimate of drug-likeness (QED) is 0.141. The van der Waals surface area contributed by atoms with Crippen molar-refractivity contribution in [2.75, 3.05) is 39.8 Å². The first-order valence-corrected chi connectivity index (χ1v) is 14.9. The molecule has 9 nitrogen and oxygen atoms in total. The van der Waals surface area contributed by atoms with E-state index in [4.69, 9.17) is 10.5 Å². The fraction of sp³-hybridized carbons (Fsp3) is 0.424. The third kappa shape index (κ3) is 8.77. The monoisotopic (exact) mass is 572 g/mol. The predicted octanol–water partition coefficient (Wildman–Crippen LogP) is 3.61. The summed E-state index contributed by atoms with van der Waals surface area (Å²) in [5, 5.41) is 11.8.